The molecule has 4 aromatic carbocycles. The third-order valence-electron chi connectivity index (χ3n) is 6.70. The number of rotatable bonds is 0. The zero-order chi connectivity index (χ0) is 26.8. The van der Waals surface area contributed by atoms with Gasteiger partial charge in [0.15, 0.2) is 11.5 Å². The van der Waals surface area contributed by atoms with Gasteiger partial charge in [0.1, 0.15) is 11.5 Å². The highest BCUT2D eigenvalue weighted by molar-refractivity contribution is 7.53. The maximum atomic E-state index is 14.3. The van der Waals surface area contributed by atoms with Gasteiger partial charge in [0, 0.05) is 13.1 Å². The average Bonchev–Trinajstić information content (AvgIpc) is 2.93. The Morgan fingerprint density at radius 3 is 1.38 bits per heavy atom. The van der Waals surface area contributed by atoms with E-state index in [2.05, 4.69) is 0 Å². The molecule has 3 aliphatic rings. The van der Waals surface area contributed by atoms with Crippen molar-refractivity contribution in [1.29, 1.82) is 0 Å². The summed E-state index contributed by atoms with van der Waals surface area (Å²) in [5.41, 5.74) is 0.462. The van der Waals surface area contributed by atoms with Crippen LogP contribution in [0.15, 0.2) is 84.9 Å². The Morgan fingerprint density at radius 1 is 0.538 bits per heavy atom. The molecule has 2 unspecified atom stereocenters. The fourth-order valence-corrected chi connectivity index (χ4v) is 8.34. The Bertz CT molecular complexity index is 1660. The van der Waals surface area contributed by atoms with Crippen molar-refractivity contribution < 1.29 is 36.8 Å². The summed E-state index contributed by atoms with van der Waals surface area (Å²) in [6.45, 7) is -0.225. The molecule has 0 fully saturated rings. The van der Waals surface area contributed by atoms with Crippen LogP contribution in [0.3, 0.4) is 0 Å². The predicted molar refractivity (Wildman–Crippen MR) is 141 cm³/mol. The Kier molecular flexibility index (Phi) is 5.27. The largest absolute Gasteiger partial charge is 0.546 e. The summed E-state index contributed by atoms with van der Waals surface area (Å²) in [5, 5.41) is 1.41. The molecule has 4 aromatic rings. The molecule has 196 valence electrons. The van der Waals surface area contributed by atoms with E-state index < -0.39 is 27.3 Å². The van der Waals surface area contributed by atoms with Gasteiger partial charge >= 0.3 is 15.5 Å². The number of hydrogen-bond donors (Lipinski definition) is 0. The van der Waals surface area contributed by atoms with Crippen LogP contribution in [0, 0.1) is 0 Å². The van der Waals surface area contributed by atoms with E-state index in [9.17, 15) is 18.7 Å². The minimum atomic E-state index is -4.32. The van der Waals surface area contributed by atoms with Crippen LogP contribution in [-0.2, 0) is 9.13 Å². The summed E-state index contributed by atoms with van der Waals surface area (Å²) in [5.74, 6) is -1.00. The molecule has 0 spiro atoms. The van der Waals surface area contributed by atoms with Gasteiger partial charge in [-0.25, -0.2) is 18.5 Å². The Morgan fingerprint density at radius 2 is 0.923 bits per heavy atom. The Hall–Kier alpha value is -4.26. The number of fused-ring (bicyclic) bond motifs is 6. The first-order valence-electron chi connectivity index (χ1n) is 12.2. The van der Waals surface area contributed by atoms with Crippen LogP contribution in [0.4, 0.5) is 0 Å². The molecule has 10 nitrogen and oxygen atoms in total. The van der Waals surface area contributed by atoms with Crippen molar-refractivity contribution in [2.24, 2.45) is 0 Å². The van der Waals surface area contributed by atoms with E-state index in [1.165, 1.54) is 0 Å². The van der Waals surface area contributed by atoms with E-state index in [1.54, 1.807) is 60.7 Å². The van der Waals surface area contributed by atoms with E-state index in [-0.39, 0.29) is 53.6 Å². The number of benzene rings is 4. The summed E-state index contributed by atoms with van der Waals surface area (Å²) < 4.78 is 54.4. The Balaban J connectivity index is 1.41. The van der Waals surface area contributed by atoms with E-state index in [4.69, 9.17) is 18.1 Å². The third kappa shape index (κ3) is 3.79. The zero-order valence-electron chi connectivity index (χ0n) is 20.3. The first kappa shape index (κ1) is 23.8. The lowest BCUT2D eigenvalue weighted by Gasteiger charge is -2.35. The lowest BCUT2D eigenvalue weighted by molar-refractivity contribution is 0.0795. The van der Waals surface area contributed by atoms with Crippen molar-refractivity contribution in [1.82, 2.24) is 9.34 Å². The van der Waals surface area contributed by atoms with Crippen molar-refractivity contribution in [2.45, 2.75) is 6.42 Å². The molecule has 7 rings (SSSR count). The second-order valence-electron chi connectivity index (χ2n) is 9.15. The summed E-state index contributed by atoms with van der Waals surface area (Å²) in [6, 6.07) is 23.3. The fraction of sp³-hybridized carbons (Fsp3) is 0.111. The topological polar surface area (TPSA) is 112 Å². The minimum Gasteiger partial charge on any atom is -0.399 e. The van der Waals surface area contributed by atoms with Gasteiger partial charge in [0.05, 0.1) is 11.1 Å². The molecule has 12 heteroatoms. The summed E-state index contributed by atoms with van der Waals surface area (Å²) >= 11 is 0. The van der Waals surface area contributed by atoms with Gasteiger partial charge in [-0.1, -0.05) is 48.5 Å². The van der Waals surface area contributed by atoms with Gasteiger partial charge in [-0.2, -0.15) is 0 Å². The van der Waals surface area contributed by atoms with Gasteiger partial charge in [0.2, 0.25) is 0 Å². The molecule has 0 bridgehead atoms. The highest BCUT2D eigenvalue weighted by Crippen LogP contribution is 2.62. The number of nitrogens with zero attached hydrogens (tertiary/aromatic N) is 2. The quantitative estimate of drug-likeness (QED) is 0.230. The van der Waals surface area contributed by atoms with Gasteiger partial charge in [-0.3, -0.25) is 9.59 Å². The third-order valence-corrected chi connectivity index (χ3v) is 10.4. The van der Waals surface area contributed by atoms with Crippen LogP contribution in [0.25, 0.3) is 10.8 Å². The van der Waals surface area contributed by atoms with Crippen LogP contribution in [0.1, 0.15) is 27.1 Å². The molecule has 0 aromatic heterocycles. The molecule has 2 atom stereocenters. The zero-order valence-corrected chi connectivity index (χ0v) is 22.0. The molecule has 3 heterocycles. The average molecular weight is 562 g/mol. The lowest BCUT2D eigenvalue weighted by Crippen LogP contribution is -2.39. The van der Waals surface area contributed by atoms with E-state index in [0.717, 1.165) is 9.34 Å². The molecule has 0 N–H and O–H groups in total. The maximum absolute atomic E-state index is 14.3. The monoisotopic (exact) mass is 562 g/mol. The smallest absolute Gasteiger partial charge is 0.399 e. The van der Waals surface area contributed by atoms with Gasteiger partial charge in [-0.15, -0.1) is 0 Å². The van der Waals surface area contributed by atoms with Gasteiger partial charge < -0.3 is 18.1 Å². The van der Waals surface area contributed by atoms with E-state index >= 15 is 0 Å². The molecule has 0 saturated carbocycles. The highest BCUT2D eigenvalue weighted by Gasteiger charge is 2.50. The molecule has 0 radical (unpaired) electrons. The van der Waals surface area contributed by atoms with Crippen molar-refractivity contribution in [2.75, 3.05) is 13.1 Å². The first-order valence-corrected chi connectivity index (χ1v) is 15.2. The predicted octanol–water partition coefficient (Wildman–Crippen LogP) is 6.29. The molecule has 2 amide bonds. The summed E-state index contributed by atoms with van der Waals surface area (Å²) in [4.78, 5) is 27.0. The van der Waals surface area contributed by atoms with Crippen LogP contribution < -0.4 is 18.1 Å². The normalized spacial score (nSPS) is 23.8. The second-order valence-corrected chi connectivity index (χ2v) is 12.7. The number of hydrogen-bond acceptors (Lipinski definition) is 8. The minimum absolute atomic E-state index is 0.0822. The van der Waals surface area contributed by atoms with Crippen molar-refractivity contribution >= 4 is 38.1 Å². The molecular weight excluding hydrogens is 542 g/mol. The highest BCUT2D eigenvalue weighted by atomic mass is 31.2. The first-order chi connectivity index (χ1) is 18.8. The summed E-state index contributed by atoms with van der Waals surface area (Å²) in [6.07, 6.45) is 0.0908. The fourth-order valence-electron chi connectivity index (χ4n) is 4.84. The van der Waals surface area contributed by atoms with E-state index in [0.29, 0.717) is 10.8 Å². The van der Waals surface area contributed by atoms with Gasteiger partial charge in [0.25, 0.3) is 11.8 Å². The second kappa shape index (κ2) is 8.63. The molecular formula is C27H20N2O8P2. The number of para-hydroxylation sites is 2. The van der Waals surface area contributed by atoms with Crippen LogP contribution >= 0.6 is 15.5 Å². The van der Waals surface area contributed by atoms with Crippen LogP contribution in [0.2, 0.25) is 0 Å². The molecule has 0 aliphatic carbocycles. The van der Waals surface area contributed by atoms with Crippen molar-refractivity contribution in [3.63, 3.8) is 0 Å². The molecule has 3 aliphatic heterocycles. The lowest BCUT2D eigenvalue weighted by atomic mass is 10.1. The van der Waals surface area contributed by atoms with Crippen molar-refractivity contribution in [3.05, 3.63) is 96.1 Å². The van der Waals surface area contributed by atoms with Crippen LogP contribution in [-0.4, -0.2) is 34.2 Å². The van der Waals surface area contributed by atoms with Crippen LogP contribution in [0.5, 0.6) is 23.0 Å². The summed E-state index contributed by atoms with van der Waals surface area (Å²) in [7, 11) is -8.64. The molecule has 0 saturated heterocycles. The number of amides is 2. The van der Waals surface area contributed by atoms with Gasteiger partial charge in [-0.05, 0) is 53.6 Å². The molecule has 39 heavy (non-hydrogen) atoms. The standard InChI is InChI=1S/C27H20N2O8P2/c30-26-20-10-3-5-12-22(20)34-38(32)28(26)14-7-15-29-27(31)21-11-4-6-13-23(21)35-39(29,33)37-25-17-19-9-2-1-8-18(19)16-24(25)36-38/h1-6,8-13,16-17H,7,14-15H2. The number of carbonyl (C=O) groups is 2. The SMILES string of the molecule is O=C1c2ccccc2OP2(=O)Oc3cc4ccccc4cc3OP3(=O)Oc4ccccc4C(=O)N3CCCN12. The van der Waals surface area contributed by atoms with Crippen molar-refractivity contribution in [3.8, 4) is 23.0 Å². The maximum Gasteiger partial charge on any atom is 0.546 e. The number of carbonyl (C=O) groups excluding carboxylic acids is 2. The van der Waals surface area contributed by atoms with E-state index in [1.807, 2.05) is 24.3 Å². The Labute approximate surface area is 222 Å².